The van der Waals surface area contributed by atoms with Crippen LogP contribution in [0.1, 0.15) is 10.4 Å². The van der Waals surface area contributed by atoms with E-state index in [9.17, 15) is 19.5 Å². The lowest BCUT2D eigenvalue weighted by Gasteiger charge is -2.16. The third kappa shape index (κ3) is 4.86. The summed E-state index contributed by atoms with van der Waals surface area (Å²) in [4.78, 5) is 36.3. The Morgan fingerprint density at radius 1 is 0.900 bits per heavy atom. The molecule has 3 aromatic rings. The smallest absolute Gasteiger partial charge is 0.328 e. The van der Waals surface area contributed by atoms with E-state index in [1.165, 1.54) is 6.07 Å². The van der Waals surface area contributed by atoms with Crippen LogP contribution in [-0.2, 0) is 4.79 Å². The summed E-state index contributed by atoms with van der Waals surface area (Å²) in [6.45, 7) is -0.773. The largest absolute Gasteiger partial charge is 0.480 e. The number of halogens is 1. The van der Waals surface area contributed by atoms with Crippen molar-refractivity contribution in [2.75, 3.05) is 17.2 Å². The van der Waals surface area contributed by atoms with E-state index in [-0.39, 0.29) is 11.3 Å². The SMILES string of the molecule is O=C(Nc1ccccc1Cl)Nc1cc2ccccc2cc1C(=O)N[C@@H](CO)C(=O)O. The van der Waals surface area contributed by atoms with Crippen LogP contribution in [0.2, 0.25) is 5.02 Å². The molecule has 0 radical (unpaired) electrons. The molecule has 3 amide bonds. The van der Waals surface area contributed by atoms with Crippen LogP contribution in [0.15, 0.2) is 60.7 Å². The monoisotopic (exact) mass is 427 g/mol. The molecular weight excluding hydrogens is 410 g/mol. The van der Waals surface area contributed by atoms with Crippen molar-refractivity contribution >= 4 is 51.7 Å². The minimum absolute atomic E-state index is 0.0442. The fraction of sp³-hybridized carbons (Fsp3) is 0.0952. The minimum atomic E-state index is -1.48. The van der Waals surface area contributed by atoms with Gasteiger partial charge < -0.3 is 26.2 Å². The van der Waals surface area contributed by atoms with Crippen LogP contribution >= 0.6 is 11.6 Å². The molecule has 0 heterocycles. The highest BCUT2D eigenvalue weighted by atomic mass is 35.5. The molecule has 0 bridgehead atoms. The van der Waals surface area contributed by atoms with Crippen LogP contribution < -0.4 is 16.0 Å². The highest BCUT2D eigenvalue weighted by Crippen LogP contribution is 2.26. The van der Waals surface area contributed by atoms with Crippen molar-refractivity contribution in [1.29, 1.82) is 0 Å². The third-order valence-corrected chi connectivity index (χ3v) is 4.62. The van der Waals surface area contributed by atoms with Crippen molar-refractivity contribution in [2.24, 2.45) is 0 Å². The number of carbonyl (C=O) groups excluding carboxylic acids is 2. The molecular formula is C21H18ClN3O5. The number of benzene rings is 3. The second-order valence-electron chi connectivity index (χ2n) is 6.35. The summed E-state index contributed by atoms with van der Waals surface area (Å²) in [5.41, 5.74) is 0.593. The minimum Gasteiger partial charge on any atom is -0.480 e. The fourth-order valence-corrected chi connectivity index (χ4v) is 2.97. The Kier molecular flexibility index (Phi) is 6.51. The van der Waals surface area contributed by atoms with Crippen LogP contribution in [0.3, 0.4) is 0 Å². The Balaban J connectivity index is 1.92. The van der Waals surface area contributed by atoms with Gasteiger partial charge >= 0.3 is 12.0 Å². The molecule has 3 aromatic carbocycles. The molecule has 0 aromatic heterocycles. The fourth-order valence-electron chi connectivity index (χ4n) is 2.79. The Hall–Kier alpha value is -3.62. The van der Waals surface area contributed by atoms with Gasteiger partial charge in [-0.3, -0.25) is 4.79 Å². The van der Waals surface area contributed by atoms with Gasteiger partial charge in [0.25, 0.3) is 5.91 Å². The van der Waals surface area contributed by atoms with E-state index in [0.29, 0.717) is 10.7 Å². The number of anilines is 2. The maximum absolute atomic E-state index is 12.7. The van der Waals surface area contributed by atoms with E-state index in [4.69, 9.17) is 16.7 Å². The first-order valence-corrected chi connectivity index (χ1v) is 9.26. The topological polar surface area (TPSA) is 128 Å². The molecule has 0 saturated heterocycles. The van der Waals surface area contributed by atoms with Crippen LogP contribution in [0, 0.1) is 0 Å². The number of amides is 3. The van der Waals surface area contributed by atoms with Gasteiger partial charge in [0.1, 0.15) is 0 Å². The zero-order chi connectivity index (χ0) is 21.7. The summed E-state index contributed by atoms with van der Waals surface area (Å²) in [5.74, 6) is -2.13. The number of hydrogen-bond donors (Lipinski definition) is 5. The molecule has 1 atom stereocenters. The first kappa shape index (κ1) is 21.1. The summed E-state index contributed by atoms with van der Waals surface area (Å²) >= 11 is 6.05. The molecule has 0 aliphatic carbocycles. The van der Waals surface area contributed by atoms with Gasteiger partial charge in [0, 0.05) is 0 Å². The number of aliphatic hydroxyl groups is 1. The average molecular weight is 428 g/mol. The van der Waals surface area contributed by atoms with Gasteiger partial charge in [-0.05, 0) is 35.0 Å². The zero-order valence-electron chi connectivity index (χ0n) is 15.6. The maximum Gasteiger partial charge on any atom is 0.328 e. The van der Waals surface area contributed by atoms with Gasteiger partial charge in [-0.15, -0.1) is 0 Å². The maximum atomic E-state index is 12.7. The van der Waals surface area contributed by atoms with Crippen LogP contribution in [0.5, 0.6) is 0 Å². The normalized spacial score (nSPS) is 11.5. The van der Waals surface area contributed by atoms with Crippen molar-refractivity contribution < 1.29 is 24.6 Å². The second kappa shape index (κ2) is 9.25. The number of para-hydroxylation sites is 1. The molecule has 0 aliphatic heterocycles. The summed E-state index contributed by atoms with van der Waals surface area (Å²) in [7, 11) is 0. The summed E-state index contributed by atoms with van der Waals surface area (Å²) in [5, 5.41) is 27.5. The first-order valence-electron chi connectivity index (χ1n) is 8.89. The van der Waals surface area contributed by atoms with Crippen molar-refractivity contribution in [3.05, 3.63) is 71.2 Å². The molecule has 9 heteroatoms. The van der Waals surface area contributed by atoms with E-state index >= 15 is 0 Å². The van der Waals surface area contributed by atoms with E-state index in [1.54, 1.807) is 42.5 Å². The number of nitrogens with one attached hydrogen (secondary N) is 3. The van der Waals surface area contributed by atoms with Gasteiger partial charge in [-0.25, -0.2) is 9.59 Å². The lowest BCUT2D eigenvalue weighted by Crippen LogP contribution is -2.43. The van der Waals surface area contributed by atoms with E-state index in [1.807, 2.05) is 12.1 Å². The number of hydrogen-bond acceptors (Lipinski definition) is 4. The number of aliphatic carboxylic acids is 1. The van der Waals surface area contributed by atoms with Gasteiger partial charge in [-0.2, -0.15) is 0 Å². The molecule has 5 N–H and O–H groups in total. The molecule has 0 unspecified atom stereocenters. The van der Waals surface area contributed by atoms with Crippen LogP contribution in [0.25, 0.3) is 10.8 Å². The second-order valence-corrected chi connectivity index (χ2v) is 6.76. The van der Waals surface area contributed by atoms with Crippen molar-refractivity contribution in [1.82, 2.24) is 5.32 Å². The predicted octanol–water partition coefficient (Wildman–Crippen LogP) is 3.31. The number of carboxylic acid groups (broad SMARTS) is 1. The Labute approximate surface area is 176 Å². The number of aliphatic hydroxyl groups excluding tert-OH is 1. The third-order valence-electron chi connectivity index (χ3n) is 4.29. The molecule has 0 saturated carbocycles. The van der Waals surface area contributed by atoms with Gasteiger partial charge in [-0.1, -0.05) is 48.0 Å². The number of carbonyl (C=O) groups is 3. The van der Waals surface area contributed by atoms with Crippen LogP contribution in [0.4, 0.5) is 16.2 Å². The first-order chi connectivity index (χ1) is 14.4. The van der Waals surface area contributed by atoms with Gasteiger partial charge in [0.2, 0.25) is 0 Å². The van der Waals surface area contributed by atoms with E-state index in [2.05, 4.69) is 16.0 Å². The highest BCUT2D eigenvalue weighted by Gasteiger charge is 2.22. The summed E-state index contributed by atoms with van der Waals surface area (Å²) < 4.78 is 0. The van der Waals surface area contributed by atoms with Crippen LogP contribution in [-0.4, -0.2) is 40.8 Å². The molecule has 8 nitrogen and oxygen atoms in total. The lowest BCUT2D eigenvalue weighted by atomic mass is 10.0. The molecule has 0 aliphatic rings. The average Bonchev–Trinajstić information content (AvgIpc) is 2.72. The molecule has 3 rings (SSSR count). The van der Waals surface area contributed by atoms with Gasteiger partial charge in [0.05, 0.1) is 28.6 Å². The number of rotatable bonds is 6. The van der Waals surface area contributed by atoms with E-state index < -0.39 is 30.6 Å². The molecule has 154 valence electrons. The van der Waals surface area contributed by atoms with Crippen molar-refractivity contribution in [3.63, 3.8) is 0 Å². The highest BCUT2D eigenvalue weighted by molar-refractivity contribution is 6.33. The Morgan fingerprint density at radius 3 is 2.13 bits per heavy atom. The quantitative estimate of drug-likeness (QED) is 0.412. The van der Waals surface area contributed by atoms with E-state index in [0.717, 1.165) is 10.8 Å². The molecule has 0 fully saturated rings. The zero-order valence-corrected chi connectivity index (χ0v) is 16.3. The number of carboxylic acids is 1. The standard InChI is InChI=1S/C21H18ClN3O5/c22-15-7-3-4-8-16(15)24-21(30)25-17-10-13-6-2-1-5-12(13)9-14(17)19(27)23-18(11-26)20(28)29/h1-10,18,26H,11H2,(H,23,27)(H,28,29)(H2,24,25,30)/t18-/m0/s1. The van der Waals surface area contributed by atoms with Crippen molar-refractivity contribution in [2.45, 2.75) is 6.04 Å². The number of urea groups is 1. The summed E-state index contributed by atoms with van der Waals surface area (Å²) in [6.07, 6.45) is 0. The predicted molar refractivity (Wildman–Crippen MR) is 114 cm³/mol. The van der Waals surface area contributed by atoms with Crippen molar-refractivity contribution in [3.8, 4) is 0 Å². The summed E-state index contributed by atoms with van der Waals surface area (Å²) in [6, 6.07) is 14.9. The van der Waals surface area contributed by atoms with Gasteiger partial charge in [0.15, 0.2) is 6.04 Å². The Morgan fingerprint density at radius 2 is 1.50 bits per heavy atom. The lowest BCUT2D eigenvalue weighted by molar-refractivity contribution is -0.140. The Bertz CT molecular complexity index is 1120. The number of fused-ring (bicyclic) bond motifs is 1. The molecule has 0 spiro atoms. The molecule has 30 heavy (non-hydrogen) atoms.